The summed E-state index contributed by atoms with van der Waals surface area (Å²) in [6, 6.07) is 8.63. The van der Waals surface area contributed by atoms with E-state index in [0.29, 0.717) is 5.92 Å². The summed E-state index contributed by atoms with van der Waals surface area (Å²) < 4.78 is 5.27. The Kier molecular flexibility index (Phi) is 9.11. The Morgan fingerprint density at radius 3 is 2.55 bits per heavy atom. The van der Waals surface area contributed by atoms with Gasteiger partial charge in [-0.2, -0.15) is 0 Å². The van der Waals surface area contributed by atoms with Crippen molar-refractivity contribution in [2.45, 2.75) is 66.0 Å². The number of amides is 1. The lowest BCUT2D eigenvalue weighted by molar-refractivity contribution is 0.132. The van der Waals surface area contributed by atoms with E-state index in [4.69, 9.17) is 4.74 Å². The quantitative estimate of drug-likeness (QED) is 0.508. The highest BCUT2D eigenvalue weighted by Gasteiger charge is 2.15. The predicted molar refractivity (Wildman–Crippen MR) is 121 cm³/mol. The molecule has 2 N–H and O–H groups in total. The van der Waals surface area contributed by atoms with Gasteiger partial charge in [-0.15, -0.1) is 11.3 Å². The summed E-state index contributed by atoms with van der Waals surface area (Å²) in [7, 11) is 0. The molecule has 0 spiro atoms. The fourth-order valence-electron chi connectivity index (χ4n) is 2.77. The molecule has 0 unspecified atom stereocenters. The number of nitrogens with one attached hydrogen (secondary N) is 2. The number of aromatic nitrogens is 1. The maximum atomic E-state index is 11.8. The summed E-state index contributed by atoms with van der Waals surface area (Å²) in [6.45, 7) is 12.7. The number of alkyl carbamates (subject to hydrolysis) is 1. The summed E-state index contributed by atoms with van der Waals surface area (Å²) in [6.07, 6.45) is 4.87. The van der Waals surface area contributed by atoms with Crippen LogP contribution in [0, 0.1) is 5.92 Å². The number of nitrogens with zero attached hydrogens (tertiary/aromatic N) is 1. The first-order chi connectivity index (χ1) is 13.7. The Bertz CT molecular complexity index is 748. The lowest BCUT2D eigenvalue weighted by atomic mass is 10.1. The molecule has 0 fully saturated rings. The maximum absolute atomic E-state index is 11.8. The molecule has 1 amide bonds. The van der Waals surface area contributed by atoms with E-state index in [1.807, 2.05) is 20.8 Å². The first-order valence-corrected chi connectivity index (χ1v) is 11.2. The molecule has 0 saturated carbocycles. The smallest absolute Gasteiger partial charge is 0.407 e. The topological polar surface area (TPSA) is 63.3 Å². The highest BCUT2D eigenvalue weighted by Crippen LogP contribution is 2.26. The third-order valence-electron chi connectivity index (χ3n) is 4.20. The average Bonchev–Trinajstić information content (AvgIpc) is 3.11. The molecule has 0 aliphatic rings. The van der Waals surface area contributed by atoms with Crippen LogP contribution in [-0.2, 0) is 17.8 Å². The second-order valence-corrected chi connectivity index (χ2v) is 9.95. The molecule has 0 saturated heterocycles. The number of ether oxygens (including phenoxy) is 1. The van der Waals surface area contributed by atoms with Crippen LogP contribution in [0.25, 0.3) is 10.6 Å². The molecule has 0 radical (unpaired) electrons. The van der Waals surface area contributed by atoms with Gasteiger partial charge in [-0.1, -0.05) is 38.1 Å². The fraction of sp³-hybridized carbons (Fsp3) is 0.565. The number of carbonyl (C=O) groups is 1. The summed E-state index contributed by atoms with van der Waals surface area (Å²) in [5.41, 5.74) is 2.15. The normalized spacial score (nSPS) is 11.7. The standard InChI is InChI=1S/C23H35N3O2S/c1-17(2)14-24-13-7-6-8-18-9-11-19(12-10-18)21-25-15-20(29-21)16-28-22(27)26-23(3,4)5/h9-12,15,17,24H,6-8,13-14,16H2,1-5H3,(H,26,27). The van der Waals surface area contributed by atoms with Gasteiger partial charge in [0.05, 0.1) is 4.88 Å². The number of hydrogen-bond donors (Lipinski definition) is 2. The molecule has 0 aliphatic heterocycles. The number of hydrogen-bond acceptors (Lipinski definition) is 5. The number of benzene rings is 1. The Morgan fingerprint density at radius 2 is 1.90 bits per heavy atom. The summed E-state index contributed by atoms with van der Waals surface area (Å²) >= 11 is 1.56. The molecule has 160 valence electrons. The van der Waals surface area contributed by atoms with E-state index < -0.39 is 6.09 Å². The second kappa shape index (κ2) is 11.3. The van der Waals surface area contributed by atoms with Gasteiger partial charge in [0.2, 0.25) is 0 Å². The molecule has 5 nitrogen and oxygen atoms in total. The number of unbranched alkanes of at least 4 members (excludes halogenated alkanes) is 1. The summed E-state index contributed by atoms with van der Waals surface area (Å²) in [5.74, 6) is 0.709. The van der Waals surface area contributed by atoms with Crippen molar-refractivity contribution in [3.8, 4) is 10.6 Å². The fourth-order valence-corrected chi connectivity index (χ4v) is 3.60. The van der Waals surface area contributed by atoms with Crippen LogP contribution in [0.2, 0.25) is 0 Å². The predicted octanol–water partition coefficient (Wildman–Crippen LogP) is 5.40. The van der Waals surface area contributed by atoms with Crippen LogP contribution in [0.15, 0.2) is 30.5 Å². The monoisotopic (exact) mass is 417 g/mol. The number of aryl methyl sites for hydroxylation is 1. The molecular weight excluding hydrogens is 382 g/mol. The highest BCUT2D eigenvalue weighted by atomic mass is 32.1. The number of thiazole rings is 1. The minimum Gasteiger partial charge on any atom is -0.444 e. The average molecular weight is 418 g/mol. The van der Waals surface area contributed by atoms with Crippen LogP contribution < -0.4 is 10.6 Å². The van der Waals surface area contributed by atoms with E-state index in [-0.39, 0.29) is 12.1 Å². The molecule has 29 heavy (non-hydrogen) atoms. The Hall–Kier alpha value is -1.92. The van der Waals surface area contributed by atoms with Crippen molar-refractivity contribution in [1.29, 1.82) is 0 Å². The van der Waals surface area contributed by atoms with Gasteiger partial charge in [-0.05, 0) is 64.6 Å². The number of rotatable bonds is 10. The second-order valence-electron chi connectivity index (χ2n) is 8.83. The first kappa shape index (κ1) is 23.4. The van der Waals surface area contributed by atoms with Crippen LogP contribution >= 0.6 is 11.3 Å². The van der Waals surface area contributed by atoms with Crippen molar-refractivity contribution in [2.75, 3.05) is 13.1 Å². The van der Waals surface area contributed by atoms with Gasteiger partial charge in [0.25, 0.3) is 0 Å². The molecule has 0 bridgehead atoms. The van der Waals surface area contributed by atoms with E-state index in [9.17, 15) is 4.79 Å². The lowest BCUT2D eigenvalue weighted by Gasteiger charge is -2.19. The van der Waals surface area contributed by atoms with Crippen molar-refractivity contribution >= 4 is 17.4 Å². The molecule has 1 heterocycles. The van der Waals surface area contributed by atoms with E-state index in [0.717, 1.165) is 35.0 Å². The summed E-state index contributed by atoms with van der Waals surface area (Å²) in [5, 5.41) is 7.22. The Balaban J connectivity index is 1.76. The Morgan fingerprint density at radius 1 is 1.17 bits per heavy atom. The van der Waals surface area contributed by atoms with Gasteiger partial charge >= 0.3 is 6.09 Å². The molecule has 6 heteroatoms. The van der Waals surface area contributed by atoms with Crippen molar-refractivity contribution in [3.63, 3.8) is 0 Å². The number of carbonyl (C=O) groups excluding carboxylic acids is 1. The lowest BCUT2D eigenvalue weighted by Crippen LogP contribution is -2.40. The molecule has 0 aliphatic carbocycles. The Labute approximate surface area is 179 Å². The van der Waals surface area contributed by atoms with Gasteiger partial charge < -0.3 is 15.4 Å². The van der Waals surface area contributed by atoms with Crippen molar-refractivity contribution in [2.24, 2.45) is 5.92 Å². The zero-order valence-electron chi connectivity index (χ0n) is 18.4. The molecule has 0 atom stereocenters. The largest absolute Gasteiger partial charge is 0.444 e. The van der Waals surface area contributed by atoms with E-state index in [2.05, 4.69) is 53.7 Å². The maximum Gasteiger partial charge on any atom is 0.407 e. The van der Waals surface area contributed by atoms with E-state index in [1.165, 1.54) is 18.4 Å². The van der Waals surface area contributed by atoms with Crippen LogP contribution in [0.5, 0.6) is 0 Å². The third-order valence-corrected chi connectivity index (χ3v) is 5.22. The van der Waals surface area contributed by atoms with Crippen LogP contribution in [0.1, 0.15) is 57.9 Å². The van der Waals surface area contributed by atoms with Gasteiger partial charge in [-0.3, -0.25) is 0 Å². The molecule has 2 rings (SSSR count). The van der Waals surface area contributed by atoms with Crippen molar-refractivity contribution in [3.05, 3.63) is 40.9 Å². The molecular formula is C23H35N3O2S. The van der Waals surface area contributed by atoms with Crippen LogP contribution in [0.3, 0.4) is 0 Å². The van der Waals surface area contributed by atoms with E-state index in [1.54, 1.807) is 17.5 Å². The SMILES string of the molecule is CC(C)CNCCCCc1ccc(-c2ncc(COC(=O)NC(C)(C)C)s2)cc1. The molecule has 2 aromatic rings. The zero-order valence-corrected chi connectivity index (χ0v) is 19.2. The van der Waals surface area contributed by atoms with Gasteiger partial charge in [-0.25, -0.2) is 9.78 Å². The minimum absolute atomic E-state index is 0.239. The van der Waals surface area contributed by atoms with Crippen LogP contribution in [-0.4, -0.2) is 29.7 Å². The molecule has 1 aromatic carbocycles. The zero-order chi connectivity index (χ0) is 21.3. The first-order valence-electron chi connectivity index (χ1n) is 10.4. The van der Waals surface area contributed by atoms with Crippen molar-refractivity contribution in [1.82, 2.24) is 15.6 Å². The minimum atomic E-state index is -0.406. The molecule has 1 aromatic heterocycles. The van der Waals surface area contributed by atoms with Gasteiger partial charge in [0, 0.05) is 17.3 Å². The van der Waals surface area contributed by atoms with Gasteiger partial charge in [0.1, 0.15) is 11.6 Å². The van der Waals surface area contributed by atoms with Crippen LogP contribution in [0.4, 0.5) is 4.79 Å². The van der Waals surface area contributed by atoms with E-state index >= 15 is 0 Å². The highest BCUT2D eigenvalue weighted by molar-refractivity contribution is 7.15. The van der Waals surface area contributed by atoms with Crippen molar-refractivity contribution < 1.29 is 9.53 Å². The third kappa shape index (κ3) is 9.41. The summed E-state index contributed by atoms with van der Waals surface area (Å²) in [4.78, 5) is 17.2. The van der Waals surface area contributed by atoms with Gasteiger partial charge in [0.15, 0.2) is 0 Å².